The Morgan fingerprint density at radius 1 is 0.575 bits per heavy atom. The van der Waals surface area contributed by atoms with E-state index in [4.69, 9.17) is 0 Å². The molecule has 0 saturated carbocycles. The number of benzene rings is 4. The molecule has 0 fully saturated rings. The second-order valence-corrected chi connectivity index (χ2v) is 9.04. The topological polar surface area (TPSA) is 30.7 Å². The molecular formula is C35H25Ir2N3-2. The summed E-state index contributed by atoms with van der Waals surface area (Å²) >= 11 is 0. The summed E-state index contributed by atoms with van der Waals surface area (Å²) < 4.78 is 2.31. The van der Waals surface area contributed by atoms with E-state index in [-0.39, 0.29) is 40.2 Å². The molecule has 40 heavy (non-hydrogen) atoms. The minimum atomic E-state index is 0. The van der Waals surface area contributed by atoms with Gasteiger partial charge in [0.05, 0.1) is 0 Å². The van der Waals surface area contributed by atoms with E-state index in [1.54, 1.807) is 6.20 Å². The van der Waals surface area contributed by atoms with Crippen LogP contribution in [0.25, 0.3) is 50.0 Å². The van der Waals surface area contributed by atoms with Crippen LogP contribution in [0.2, 0.25) is 0 Å². The van der Waals surface area contributed by atoms with Gasteiger partial charge in [0.1, 0.15) is 0 Å². The average molecular weight is 872 g/mol. The fraction of sp³-hybridized carbons (Fsp3) is 0.0286. The third-order valence-corrected chi connectivity index (χ3v) is 6.49. The largest absolute Gasteiger partial charge is 0.351 e. The van der Waals surface area contributed by atoms with Gasteiger partial charge in [-0.2, -0.15) is 0 Å². The fourth-order valence-corrected chi connectivity index (χ4v) is 4.63. The van der Waals surface area contributed by atoms with E-state index in [9.17, 15) is 0 Å². The Morgan fingerprint density at radius 2 is 1.23 bits per heavy atom. The molecule has 0 N–H and O–H groups in total. The van der Waals surface area contributed by atoms with E-state index in [1.807, 2.05) is 66.9 Å². The quantitative estimate of drug-likeness (QED) is 0.167. The van der Waals surface area contributed by atoms with Crippen molar-refractivity contribution in [3.63, 3.8) is 0 Å². The Labute approximate surface area is 261 Å². The van der Waals surface area contributed by atoms with Gasteiger partial charge in [-0.05, 0) is 59.5 Å². The first-order valence-corrected chi connectivity index (χ1v) is 12.6. The molecule has 0 aliphatic rings. The summed E-state index contributed by atoms with van der Waals surface area (Å²) in [6, 6.07) is 47.7. The van der Waals surface area contributed by atoms with E-state index >= 15 is 0 Å². The first-order chi connectivity index (χ1) is 18.8. The van der Waals surface area contributed by atoms with Gasteiger partial charge in [0, 0.05) is 63.8 Å². The molecule has 7 aromatic rings. The molecule has 2 radical (unpaired) electrons. The van der Waals surface area contributed by atoms with Crippen LogP contribution >= 0.6 is 0 Å². The van der Waals surface area contributed by atoms with Gasteiger partial charge >= 0.3 is 0 Å². The van der Waals surface area contributed by atoms with Crippen molar-refractivity contribution < 1.29 is 40.2 Å². The molecule has 0 aliphatic carbocycles. The number of hydrogen-bond donors (Lipinski definition) is 0. The molecule has 0 aliphatic heterocycles. The van der Waals surface area contributed by atoms with E-state index in [0.29, 0.717) is 0 Å². The zero-order chi connectivity index (χ0) is 25.7. The summed E-state index contributed by atoms with van der Waals surface area (Å²) in [7, 11) is 0. The van der Waals surface area contributed by atoms with Crippen LogP contribution in [0.1, 0.15) is 5.56 Å². The summed E-state index contributed by atoms with van der Waals surface area (Å²) in [5.41, 5.74) is 8.77. The fourth-order valence-electron chi connectivity index (χ4n) is 4.63. The SMILES string of the molecule is Cc1ccc(-n2c3c[c-]c(-c4ccccn4)cc3c3ccccc32)cc1.[Ir].[Ir].[c-]1ccccc1-c1ccccn1. The number of fused-ring (bicyclic) bond motifs is 3. The zero-order valence-electron chi connectivity index (χ0n) is 21.7. The summed E-state index contributed by atoms with van der Waals surface area (Å²) in [6.07, 6.45) is 3.61. The van der Waals surface area contributed by atoms with E-state index in [0.717, 1.165) is 28.0 Å². The van der Waals surface area contributed by atoms with E-state index in [2.05, 4.69) is 94.3 Å². The molecule has 7 rings (SSSR count). The molecule has 0 spiro atoms. The molecule has 0 bridgehead atoms. The predicted molar refractivity (Wildman–Crippen MR) is 156 cm³/mol. The normalized spacial score (nSPS) is 10.2. The molecule has 0 amide bonds. The second-order valence-electron chi connectivity index (χ2n) is 9.04. The maximum absolute atomic E-state index is 4.47. The first-order valence-electron chi connectivity index (χ1n) is 12.6. The number of aromatic nitrogens is 3. The number of rotatable bonds is 3. The van der Waals surface area contributed by atoms with Crippen molar-refractivity contribution >= 4 is 21.8 Å². The van der Waals surface area contributed by atoms with E-state index in [1.165, 1.54) is 27.5 Å². The molecule has 5 heteroatoms. The maximum atomic E-state index is 4.47. The van der Waals surface area contributed by atoms with Crippen LogP contribution < -0.4 is 0 Å². The maximum Gasteiger partial charge on any atom is 0.0436 e. The molecule has 0 unspecified atom stereocenters. The van der Waals surface area contributed by atoms with Gasteiger partial charge in [0.25, 0.3) is 0 Å². The van der Waals surface area contributed by atoms with Crippen molar-refractivity contribution in [3.8, 4) is 28.2 Å². The second kappa shape index (κ2) is 13.6. The van der Waals surface area contributed by atoms with Crippen LogP contribution in [0.4, 0.5) is 0 Å². The van der Waals surface area contributed by atoms with Crippen molar-refractivity contribution in [2.24, 2.45) is 0 Å². The van der Waals surface area contributed by atoms with Crippen molar-refractivity contribution in [2.45, 2.75) is 6.92 Å². The number of nitrogens with zero attached hydrogens (tertiary/aromatic N) is 3. The van der Waals surface area contributed by atoms with Crippen LogP contribution in [0.3, 0.4) is 0 Å². The number of aryl methyl sites for hydroxylation is 1. The Kier molecular flexibility index (Phi) is 9.93. The number of para-hydroxylation sites is 1. The number of hydrogen-bond acceptors (Lipinski definition) is 2. The van der Waals surface area contributed by atoms with Crippen molar-refractivity contribution in [3.05, 3.63) is 151 Å². The smallest absolute Gasteiger partial charge is 0.0436 e. The standard InChI is InChI=1S/C24H17N2.C11H8N.2Ir/c1-17-9-12-19(13-10-17)26-23-8-3-2-6-20(23)21-16-18(11-14-24(21)26)22-7-4-5-15-25-22;1-2-6-10(7-3-1)11-8-4-5-9-12-11;;/h2-10,12-16H,1H3;1-6,8-9H;;/q2*-1;;. The van der Waals surface area contributed by atoms with Crippen molar-refractivity contribution in [1.82, 2.24) is 14.5 Å². The van der Waals surface area contributed by atoms with Crippen LogP contribution in [0.15, 0.2) is 134 Å². The van der Waals surface area contributed by atoms with Gasteiger partial charge in [-0.1, -0.05) is 65.5 Å². The van der Waals surface area contributed by atoms with Crippen LogP contribution in [0, 0.1) is 19.1 Å². The third kappa shape index (κ3) is 6.20. The van der Waals surface area contributed by atoms with Gasteiger partial charge in [-0.3, -0.25) is 0 Å². The number of pyridine rings is 2. The van der Waals surface area contributed by atoms with E-state index < -0.39 is 0 Å². The Hall–Kier alpha value is -3.72. The Balaban J connectivity index is 0.000000224. The van der Waals surface area contributed by atoms with Gasteiger partial charge in [0.15, 0.2) is 0 Å². The Bertz CT molecular complexity index is 1760. The Morgan fingerprint density at radius 3 is 1.88 bits per heavy atom. The summed E-state index contributed by atoms with van der Waals surface area (Å²) in [5, 5.41) is 2.47. The molecule has 3 nitrogen and oxygen atoms in total. The molecule has 0 atom stereocenters. The predicted octanol–water partition coefficient (Wildman–Crippen LogP) is 8.50. The molecule has 200 valence electrons. The summed E-state index contributed by atoms with van der Waals surface area (Å²) in [4.78, 5) is 8.69. The van der Waals surface area contributed by atoms with Gasteiger partial charge in [0.2, 0.25) is 0 Å². The average Bonchev–Trinajstić information content (AvgIpc) is 3.33. The van der Waals surface area contributed by atoms with Gasteiger partial charge < -0.3 is 14.5 Å². The molecule has 4 aromatic carbocycles. The van der Waals surface area contributed by atoms with Crippen molar-refractivity contribution in [2.75, 3.05) is 0 Å². The zero-order valence-corrected chi connectivity index (χ0v) is 26.5. The molecule has 0 saturated heterocycles. The summed E-state index contributed by atoms with van der Waals surface area (Å²) in [5.74, 6) is 0. The van der Waals surface area contributed by atoms with Crippen LogP contribution in [0.5, 0.6) is 0 Å². The van der Waals surface area contributed by atoms with Gasteiger partial charge in [-0.15, -0.1) is 59.7 Å². The minimum Gasteiger partial charge on any atom is -0.351 e. The van der Waals surface area contributed by atoms with Crippen LogP contribution in [-0.2, 0) is 40.2 Å². The van der Waals surface area contributed by atoms with Gasteiger partial charge in [-0.25, -0.2) is 0 Å². The third-order valence-electron chi connectivity index (χ3n) is 6.49. The van der Waals surface area contributed by atoms with Crippen molar-refractivity contribution in [1.29, 1.82) is 0 Å². The molecule has 3 aromatic heterocycles. The first kappa shape index (κ1) is 29.3. The summed E-state index contributed by atoms with van der Waals surface area (Å²) in [6.45, 7) is 2.11. The minimum absolute atomic E-state index is 0. The monoisotopic (exact) mass is 873 g/mol. The molecular weight excluding hydrogens is 847 g/mol. The molecule has 3 heterocycles. The van der Waals surface area contributed by atoms with Crippen LogP contribution in [-0.4, -0.2) is 14.5 Å².